The summed E-state index contributed by atoms with van der Waals surface area (Å²) >= 11 is 1.73. The summed E-state index contributed by atoms with van der Waals surface area (Å²) in [6, 6.07) is 8.15. The van der Waals surface area contributed by atoms with Gasteiger partial charge in [-0.15, -0.1) is 11.3 Å². The van der Waals surface area contributed by atoms with Crippen molar-refractivity contribution in [3.63, 3.8) is 0 Å². The zero-order chi connectivity index (χ0) is 24.9. The van der Waals surface area contributed by atoms with Gasteiger partial charge in [-0.1, -0.05) is 12.1 Å². The van der Waals surface area contributed by atoms with Gasteiger partial charge >= 0.3 is 0 Å². The van der Waals surface area contributed by atoms with Crippen LogP contribution in [0.3, 0.4) is 0 Å². The molecule has 1 unspecified atom stereocenters. The van der Waals surface area contributed by atoms with E-state index in [1.54, 1.807) is 15.6 Å². The number of piperazine rings is 1. The summed E-state index contributed by atoms with van der Waals surface area (Å²) in [5.41, 5.74) is 2.85. The lowest BCUT2D eigenvalue weighted by atomic mass is 10.1. The van der Waals surface area contributed by atoms with Gasteiger partial charge in [-0.25, -0.2) is 18.4 Å². The highest BCUT2D eigenvalue weighted by atomic mass is 32.2. The van der Waals surface area contributed by atoms with E-state index in [2.05, 4.69) is 26.1 Å². The minimum atomic E-state index is -3.18. The molecule has 2 saturated heterocycles. The fraction of sp³-hybridized carbons (Fsp3) is 0.458. The SMILES string of the molecule is CC1CN(Cc2cc3nc(-c4cccc5[nH]ncc45)nc(N4CCOCC4)c3s2)CCN1S(C)(=O)=O. The molecular formula is C24H29N7O3S2. The maximum Gasteiger partial charge on any atom is 0.211 e. The summed E-state index contributed by atoms with van der Waals surface area (Å²) in [7, 11) is -3.18. The van der Waals surface area contributed by atoms with Crippen LogP contribution in [-0.2, 0) is 21.3 Å². The zero-order valence-corrected chi connectivity index (χ0v) is 22.0. The van der Waals surface area contributed by atoms with Gasteiger partial charge < -0.3 is 9.64 Å². The van der Waals surface area contributed by atoms with E-state index < -0.39 is 10.0 Å². The maximum atomic E-state index is 12.1. The molecule has 2 aliphatic rings. The number of hydrogen-bond acceptors (Lipinski definition) is 9. The van der Waals surface area contributed by atoms with E-state index in [0.29, 0.717) is 38.7 Å². The molecule has 10 nitrogen and oxygen atoms in total. The molecule has 0 amide bonds. The molecule has 1 atom stereocenters. The number of rotatable bonds is 5. The first-order valence-corrected chi connectivity index (χ1v) is 14.8. The van der Waals surface area contributed by atoms with Crippen molar-refractivity contribution in [2.75, 3.05) is 57.1 Å². The number of sulfonamides is 1. The van der Waals surface area contributed by atoms with Crippen molar-refractivity contribution in [3.8, 4) is 11.4 Å². The molecular weight excluding hydrogens is 498 g/mol. The van der Waals surface area contributed by atoms with Crippen LogP contribution in [0.4, 0.5) is 5.82 Å². The van der Waals surface area contributed by atoms with Crippen molar-refractivity contribution in [2.24, 2.45) is 0 Å². The number of aromatic nitrogens is 4. The Labute approximate surface area is 213 Å². The number of ether oxygens (including phenoxy) is 1. The van der Waals surface area contributed by atoms with Crippen LogP contribution in [0.15, 0.2) is 30.5 Å². The third kappa shape index (κ3) is 4.48. The van der Waals surface area contributed by atoms with Crippen LogP contribution in [0.5, 0.6) is 0 Å². The Bertz CT molecular complexity index is 1510. The van der Waals surface area contributed by atoms with E-state index in [0.717, 1.165) is 52.1 Å². The lowest BCUT2D eigenvalue weighted by Gasteiger charge is -2.38. The first-order chi connectivity index (χ1) is 17.4. The lowest BCUT2D eigenvalue weighted by Crippen LogP contribution is -2.53. The van der Waals surface area contributed by atoms with Gasteiger partial charge in [0.15, 0.2) is 11.6 Å². The van der Waals surface area contributed by atoms with E-state index >= 15 is 0 Å². The molecule has 3 aromatic heterocycles. The number of aromatic amines is 1. The van der Waals surface area contributed by atoms with E-state index in [1.165, 1.54) is 11.1 Å². The second-order valence-corrected chi connectivity index (χ2v) is 12.6. The molecule has 2 fully saturated rings. The Balaban J connectivity index is 1.36. The number of nitrogens with one attached hydrogen (secondary N) is 1. The van der Waals surface area contributed by atoms with Crippen molar-refractivity contribution in [1.82, 2.24) is 29.4 Å². The molecule has 2 aliphatic heterocycles. The third-order valence-electron chi connectivity index (χ3n) is 6.90. The van der Waals surface area contributed by atoms with E-state index in [1.807, 2.05) is 31.3 Å². The molecule has 0 radical (unpaired) electrons. The van der Waals surface area contributed by atoms with E-state index in [-0.39, 0.29) is 6.04 Å². The fourth-order valence-corrected chi connectivity index (χ4v) is 7.48. The first-order valence-electron chi connectivity index (χ1n) is 12.1. The number of fused-ring (bicyclic) bond motifs is 2. The van der Waals surface area contributed by atoms with Crippen LogP contribution >= 0.6 is 11.3 Å². The van der Waals surface area contributed by atoms with Crippen LogP contribution in [0, 0.1) is 0 Å². The van der Waals surface area contributed by atoms with E-state index in [9.17, 15) is 8.42 Å². The largest absolute Gasteiger partial charge is 0.378 e. The normalized spacial score (nSPS) is 20.5. The monoisotopic (exact) mass is 527 g/mol. The van der Waals surface area contributed by atoms with Gasteiger partial charge in [0, 0.05) is 61.1 Å². The Morgan fingerprint density at radius 3 is 2.78 bits per heavy atom. The quantitative estimate of drug-likeness (QED) is 0.422. The highest BCUT2D eigenvalue weighted by Gasteiger charge is 2.30. The number of benzene rings is 1. The van der Waals surface area contributed by atoms with Gasteiger partial charge in [0.2, 0.25) is 10.0 Å². The number of H-pyrrole nitrogens is 1. The number of nitrogens with zero attached hydrogens (tertiary/aromatic N) is 6. The lowest BCUT2D eigenvalue weighted by molar-refractivity contribution is 0.122. The third-order valence-corrected chi connectivity index (χ3v) is 9.40. The van der Waals surface area contributed by atoms with Crippen molar-refractivity contribution in [1.29, 1.82) is 0 Å². The molecule has 36 heavy (non-hydrogen) atoms. The fourth-order valence-electron chi connectivity index (χ4n) is 5.19. The van der Waals surface area contributed by atoms with Crippen LogP contribution in [-0.4, -0.2) is 96.0 Å². The molecule has 0 saturated carbocycles. The number of thiophene rings is 1. The van der Waals surface area contributed by atoms with Crippen LogP contribution < -0.4 is 4.90 Å². The molecule has 1 N–H and O–H groups in total. The maximum absolute atomic E-state index is 12.1. The number of hydrogen-bond donors (Lipinski definition) is 1. The van der Waals surface area contributed by atoms with Gasteiger partial charge in [-0.2, -0.15) is 9.40 Å². The molecule has 1 aromatic carbocycles. The predicted molar refractivity (Wildman–Crippen MR) is 142 cm³/mol. The summed E-state index contributed by atoms with van der Waals surface area (Å²) in [4.78, 5) is 15.9. The number of anilines is 1. The topological polar surface area (TPSA) is 108 Å². The van der Waals surface area contributed by atoms with Crippen LogP contribution in [0.2, 0.25) is 0 Å². The molecule has 6 rings (SSSR count). The van der Waals surface area contributed by atoms with Crippen molar-refractivity contribution in [2.45, 2.75) is 19.5 Å². The summed E-state index contributed by atoms with van der Waals surface area (Å²) in [6.45, 7) is 7.61. The second-order valence-electron chi connectivity index (χ2n) is 9.49. The Morgan fingerprint density at radius 2 is 2.00 bits per heavy atom. The van der Waals surface area contributed by atoms with Crippen LogP contribution in [0.1, 0.15) is 11.8 Å². The highest BCUT2D eigenvalue weighted by Crippen LogP contribution is 2.36. The molecule has 0 aliphatic carbocycles. The van der Waals surface area contributed by atoms with Crippen LogP contribution in [0.25, 0.3) is 32.5 Å². The first kappa shape index (κ1) is 23.7. The minimum absolute atomic E-state index is 0.0473. The molecule has 4 aromatic rings. The molecule has 0 spiro atoms. The standard InChI is InChI=1S/C24H29N7O3S2/c1-16-14-29(6-7-31(16)36(2,32)33)15-17-12-21-22(35-17)24(30-8-10-34-11-9-30)27-23(26-21)18-4-3-5-20-19(18)13-25-28-20/h3-5,12-13,16H,6-11,14-15H2,1-2H3,(H,25,28). The molecule has 12 heteroatoms. The van der Waals surface area contributed by atoms with Gasteiger partial charge in [-0.05, 0) is 19.1 Å². The Hall–Kier alpha value is -2.64. The highest BCUT2D eigenvalue weighted by molar-refractivity contribution is 7.88. The molecule has 0 bridgehead atoms. The molecule has 190 valence electrons. The van der Waals surface area contributed by atoms with Crippen molar-refractivity contribution < 1.29 is 13.2 Å². The minimum Gasteiger partial charge on any atom is -0.378 e. The summed E-state index contributed by atoms with van der Waals surface area (Å²) in [5.74, 6) is 1.64. The van der Waals surface area contributed by atoms with Crippen molar-refractivity contribution >= 4 is 48.3 Å². The Kier molecular flexibility index (Phi) is 6.16. The van der Waals surface area contributed by atoms with E-state index in [4.69, 9.17) is 14.7 Å². The van der Waals surface area contributed by atoms with Crippen molar-refractivity contribution in [3.05, 3.63) is 35.3 Å². The summed E-state index contributed by atoms with van der Waals surface area (Å²) in [5, 5.41) is 8.24. The predicted octanol–water partition coefficient (Wildman–Crippen LogP) is 2.54. The smallest absolute Gasteiger partial charge is 0.211 e. The average molecular weight is 528 g/mol. The van der Waals surface area contributed by atoms with Gasteiger partial charge in [0.1, 0.15) is 0 Å². The summed E-state index contributed by atoms with van der Waals surface area (Å²) in [6.07, 6.45) is 3.11. The average Bonchev–Trinajstić information content (AvgIpc) is 3.49. The summed E-state index contributed by atoms with van der Waals surface area (Å²) < 4.78 is 32.4. The second kappa shape index (κ2) is 9.34. The number of morpholine rings is 1. The van der Waals surface area contributed by atoms with Gasteiger partial charge in [0.25, 0.3) is 0 Å². The molecule has 5 heterocycles. The Morgan fingerprint density at radius 1 is 1.17 bits per heavy atom. The van der Waals surface area contributed by atoms with Gasteiger partial charge in [-0.3, -0.25) is 10.00 Å². The van der Waals surface area contributed by atoms with Gasteiger partial charge in [0.05, 0.1) is 41.4 Å². The zero-order valence-electron chi connectivity index (χ0n) is 20.3.